The monoisotopic (exact) mass is 530 g/mol. The van der Waals surface area contributed by atoms with E-state index in [0.717, 1.165) is 75.7 Å². The van der Waals surface area contributed by atoms with E-state index in [4.69, 9.17) is 4.74 Å². The average Bonchev–Trinajstić information content (AvgIpc) is 3.49. The summed E-state index contributed by atoms with van der Waals surface area (Å²) in [7, 11) is 0. The average molecular weight is 531 g/mol. The highest BCUT2D eigenvalue weighted by Gasteiger charge is 2.28. The number of pyridine rings is 1. The fraction of sp³-hybridized carbons (Fsp3) is 0.429. The Labute approximate surface area is 225 Å². The summed E-state index contributed by atoms with van der Waals surface area (Å²) >= 11 is 0. The van der Waals surface area contributed by atoms with E-state index in [1.807, 2.05) is 10.5 Å². The van der Waals surface area contributed by atoms with Crippen molar-refractivity contribution in [2.75, 3.05) is 44.3 Å². The molecule has 0 radical (unpaired) electrons. The third-order valence-corrected chi connectivity index (χ3v) is 7.97. The van der Waals surface area contributed by atoms with Crippen molar-refractivity contribution in [3.05, 3.63) is 59.8 Å². The molecule has 4 aromatic rings. The van der Waals surface area contributed by atoms with Gasteiger partial charge in [-0.25, -0.2) is 14.1 Å². The van der Waals surface area contributed by atoms with Crippen molar-refractivity contribution >= 4 is 17.2 Å². The highest BCUT2D eigenvalue weighted by atomic mass is 19.1. The molecule has 0 bridgehead atoms. The SMILES string of the molecule is Cc1cc(F)c(C(=O)NC2CC2)cc1-n1cc(-c2cnc3ccc(N4CCCN(C5COC5)CC4)cn23)nn1. The highest BCUT2D eigenvalue weighted by molar-refractivity contribution is 5.95. The lowest BCUT2D eigenvalue weighted by Crippen LogP contribution is -2.50. The maximum Gasteiger partial charge on any atom is 0.254 e. The number of rotatable bonds is 6. The summed E-state index contributed by atoms with van der Waals surface area (Å²) in [6.45, 7) is 7.56. The van der Waals surface area contributed by atoms with Crippen LogP contribution < -0.4 is 10.2 Å². The number of amides is 1. The minimum absolute atomic E-state index is 0.0137. The van der Waals surface area contributed by atoms with Crippen LogP contribution in [-0.4, -0.2) is 86.7 Å². The quantitative estimate of drug-likeness (QED) is 0.410. The summed E-state index contributed by atoms with van der Waals surface area (Å²) in [5, 5.41) is 11.6. The number of nitrogens with zero attached hydrogens (tertiary/aromatic N) is 7. The van der Waals surface area contributed by atoms with E-state index in [2.05, 4.69) is 42.7 Å². The topological polar surface area (TPSA) is 92.8 Å². The van der Waals surface area contributed by atoms with Crippen LogP contribution in [0.5, 0.6) is 0 Å². The Morgan fingerprint density at radius 1 is 1.10 bits per heavy atom. The molecule has 0 atom stereocenters. The second kappa shape index (κ2) is 9.73. The van der Waals surface area contributed by atoms with Gasteiger partial charge in [-0.2, -0.15) is 0 Å². The van der Waals surface area contributed by atoms with Crippen molar-refractivity contribution in [1.82, 2.24) is 34.6 Å². The third kappa shape index (κ3) is 4.65. The van der Waals surface area contributed by atoms with Gasteiger partial charge < -0.3 is 15.0 Å². The molecule has 3 aliphatic rings. The largest absolute Gasteiger partial charge is 0.378 e. The smallest absolute Gasteiger partial charge is 0.254 e. The first-order chi connectivity index (χ1) is 19.0. The van der Waals surface area contributed by atoms with Crippen molar-refractivity contribution in [1.29, 1.82) is 0 Å². The molecule has 1 N–H and O–H groups in total. The normalized spacial score (nSPS) is 18.8. The van der Waals surface area contributed by atoms with Gasteiger partial charge in [-0.15, -0.1) is 5.10 Å². The molecule has 11 heteroatoms. The molecule has 3 fully saturated rings. The summed E-state index contributed by atoms with van der Waals surface area (Å²) in [5.74, 6) is -0.940. The van der Waals surface area contributed by atoms with Gasteiger partial charge in [0.15, 0.2) is 0 Å². The number of aryl methyl sites for hydroxylation is 1. The molecular formula is C28H31FN8O2. The van der Waals surface area contributed by atoms with E-state index in [9.17, 15) is 9.18 Å². The van der Waals surface area contributed by atoms with E-state index in [1.165, 1.54) is 6.07 Å². The summed E-state index contributed by atoms with van der Waals surface area (Å²) in [4.78, 5) is 22.1. The van der Waals surface area contributed by atoms with Crippen LogP contribution in [0.2, 0.25) is 0 Å². The first-order valence-electron chi connectivity index (χ1n) is 13.6. The summed E-state index contributed by atoms with van der Waals surface area (Å²) in [6, 6.07) is 7.78. The fourth-order valence-corrected chi connectivity index (χ4v) is 5.41. The third-order valence-electron chi connectivity index (χ3n) is 7.97. The van der Waals surface area contributed by atoms with Crippen LogP contribution in [0.4, 0.5) is 10.1 Å². The number of imidazole rings is 1. The van der Waals surface area contributed by atoms with Crippen LogP contribution in [-0.2, 0) is 4.74 Å². The number of nitrogens with one attached hydrogen (secondary N) is 1. The van der Waals surface area contributed by atoms with Crippen LogP contribution in [0.3, 0.4) is 0 Å². The minimum Gasteiger partial charge on any atom is -0.378 e. The molecular weight excluding hydrogens is 499 g/mol. The number of ether oxygens (including phenoxy) is 1. The molecule has 39 heavy (non-hydrogen) atoms. The van der Waals surface area contributed by atoms with Gasteiger partial charge in [0.1, 0.15) is 17.2 Å². The minimum atomic E-state index is -0.540. The molecule has 3 aromatic heterocycles. The second-order valence-corrected chi connectivity index (χ2v) is 10.7. The lowest BCUT2D eigenvalue weighted by molar-refractivity contribution is -0.0625. The van der Waals surface area contributed by atoms with Gasteiger partial charge in [0, 0.05) is 38.4 Å². The molecule has 7 rings (SSSR count). The van der Waals surface area contributed by atoms with Gasteiger partial charge in [-0.3, -0.25) is 14.1 Å². The number of aromatic nitrogens is 5. The van der Waals surface area contributed by atoms with Crippen molar-refractivity contribution in [2.45, 2.75) is 38.3 Å². The second-order valence-electron chi connectivity index (χ2n) is 10.7. The number of hydrogen-bond donors (Lipinski definition) is 1. The Morgan fingerprint density at radius 2 is 1.97 bits per heavy atom. The summed E-state index contributed by atoms with van der Waals surface area (Å²) < 4.78 is 23.7. The van der Waals surface area contributed by atoms with Crippen LogP contribution in [0.25, 0.3) is 22.7 Å². The van der Waals surface area contributed by atoms with Gasteiger partial charge in [0.2, 0.25) is 0 Å². The molecule has 0 spiro atoms. The number of halogens is 1. The zero-order valence-corrected chi connectivity index (χ0v) is 21.9. The summed E-state index contributed by atoms with van der Waals surface area (Å²) in [6.07, 6.45) is 8.68. The number of anilines is 1. The Kier molecular flexibility index (Phi) is 6.04. The van der Waals surface area contributed by atoms with Crippen molar-refractivity contribution in [2.24, 2.45) is 0 Å². The molecule has 2 aliphatic heterocycles. The van der Waals surface area contributed by atoms with E-state index in [0.29, 0.717) is 23.0 Å². The molecule has 5 heterocycles. The number of benzene rings is 1. The van der Waals surface area contributed by atoms with Gasteiger partial charge in [0.05, 0.1) is 54.3 Å². The van der Waals surface area contributed by atoms with Crippen molar-refractivity contribution in [3.8, 4) is 17.1 Å². The zero-order chi connectivity index (χ0) is 26.5. The molecule has 2 saturated heterocycles. The standard InChI is InChI=1S/C28H31FN8O2/c1-18-11-23(29)22(28(38)31-19-3-4-19)12-25(18)37-15-24(32-33-37)26-13-30-27-6-5-20(14-36(26)27)34-7-2-8-35(10-9-34)21-16-39-17-21/h5-6,11-15,19,21H,2-4,7-10,16-17H2,1H3,(H,31,38). The molecule has 0 unspecified atom stereocenters. The predicted octanol–water partition coefficient (Wildman–Crippen LogP) is 2.83. The Morgan fingerprint density at radius 3 is 2.77 bits per heavy atom. The van der Waals surface area contributed by atoms with Crippen LogP contribution in [0.1, 0.15) is 35.2 Å². The van der Waals surface area contributed by atoms with Crippen LogP contribution >= 0.6 is 0 Å². The predicted molar refractivity (Wildman–Crippen MR) is 144 cm³/mol. The summed E-state index contributed by atoms with van der Waals surface area (Å²) in [5.41, 5.74) is 4.70. The molecule has 1 aliphatic carbocycles. The molecule has 1 saturated carbocycles. The van der Waals surface area contributed by atoms with E-state index >= 15 is 0 Å². The lowest BCUT2D eigenvalue weighted by Gasteiger charge is -2.36. The number of carbonyl (C=O) groups is 1. The maximum absolute atomic E-state index is 14.6. The van der Waals surface area contributed by atoms with Crippen LogP contribution in [0.15, 0.2) is 42.9 Å². The van der Waals surface area contributed by atoms with Crippen LogP contribution in [0, 0.1) is 12.7 Å². The Balaban J connectivity index is 1.16. The lowest BCUT2D eigenvalue weighted by atomic mass is 10.1. The Hall–Kier alpha value is -3.83. The van der Waals surface area contributed by atoms with Crippen molar-refractivity contribution < 1.29 is 13.9 Å². The van der Waals surface area contributed by atoms with E-state index < -0.39 is 11.7 Å². The first kappa shape index (κ1) is 24.2. The molecule has 202 valence electrons. The maximum atomic E-state index is 14.6. The Bertz CT molecular complexity index is 1540. The van der Waals surface area contributed by atoms with E-state index in [-0.39, 0.29) is 11.6 Å². The fourth-order valence-electron chi connectivity index (χ4n) is 5.41. The zero-order valence-electron chi connectivity index (χ0n) is 21.9. The van der Waals surface area contributed by atoms with Gasteiger partial charge in [-0.1, -0.05) is 5.21 Å². The van der Waals surface area contributed by atoms with Gasteiger partial charge >= 0.3 is 0 Å². The molecule has 1 amide bonds. The van der Waals surface area contributed by atoms with E-state index in [1.54, 1.807) is 30.1 Å². The first-order valence-corrected chi connectivity index (χ1v) is 13.6. The number of hydrogen-bond acceptors (Lipinski definition) is 7. The van der Waals surface area contributed by atoms with Gasteiger partial charge in [-0.05, 0) is 56.0 Å². The molecule has 1 aromatic carbocycles. The number of carbonyl (C=O) groups excluding carboxylic acids is 1. The number of fused-ring (bicyclic) bond motifs is 1. The van der Waals surface area contributed by atoms with Crippen molar-refractivity contribution in [3.63, 3.8) is 0 Å². The molecule has 10 nitrogen and oxygen atoms in total. The van der Waals surface area contributed by atoms with Gasteiger partial charge in [0.25, 0.3) is 5.91 Å². The highest BCUT2D eigenvalue weighted by Crippen LogP contribution is 2.26.